The van der Waals surface area contributed by atoms with Gasteiger partial charge in [0.25, 0.3) is 0 Å². The van der Waals surface area contributed by atoms with Crippen molar-refractivity contribution in [3.05, 3.63) is 36.0 Å². The second-order valence-electron chi connectivity index (χ2n) is 7.96. The molecule has 0 spiro atoms. The number of carbonyl (C=O) groups excluding carboxylic acids is 1. The van der Waals surface area contributed by atoms with Crippen LogP contribution in [0.25, 0.3) is 11.4 Å². The molecule has 2 fully saturated rings. The van der Waals surface area contributed by atoms with E-state index in [0.717, 1.165) is 43.0 Å². The summed E-state index contributed by atoms with van der Waals surface area (Å²) >= 11 is -1.90. The van der Waals surface area contributed by atoms with Crippen molar-refractivity contribution in [1.29, 1.82) is 0 Å². The van der Waals surface area contributed by atoms with Crippen molar-refractivity contribution < 1.29 is 23.4 Å². The number of morpholine rings is 1. The number of hydrogen-bond acceptors (Lipinski definition) is 7. The van der Waals surface area contributed by atoms with Gasteiger partial charge in [-0.1, -0.05) is 0 Å². The van der Waals surface area contributed by atoms with Crippen LogP contribution < -0.4 is 15.5 Å². The van der Waals surface area contributed by atoms with E-state index < -0.39 is 17.1 Å². The average Bonchev–Trinajstić information content (AvgIpc) is 3.58. The van der Waals surface area contributed by atoms with Crippen molar-refractivity contribution in [3.63, 3.8) is 0 Å². The molecule has 172 valence electrons. The minimum absolute atomic E-state index is 0.128. The number of aliphatic hydroxyl groups excluding tert-OH is 1. The molecule has 1 unspecified atom stereocenters. The monoisotopic (exact) mass is 461 g/mol. The molecule has 1 saturated heterocycles. The van der Waals surface area contributed by atoms with Crippen molar-refractivity contribution >= 4 is 28.6 Å². The van der Waals surface area contributed by atoms with Crippen molar-refractivity contribution in [2.75, 3.05) is 55.4 Å². The van der Waals surface area contributed by atoms with Crippen molar-refractivity contribution in [1.82, 2.24) is 15.3 Å². The van der Waals surface area contributed by atoms with E-state index in [-0.39, 0.29) is 24.3 Å². The highest BCUT2D eigenvalue weighted by Crippen LogP contribution is 2.48. The van der Waals surface area contributed by atoms with Gasteiger partial charge >= 0.3 is 6.03 Å². The Morgan fingerprint density at radius 1 is 1.19 bits per heavy atom. The normalized spacial score (nSPS) is 18.1. The fraction of sp³-hybridized carbons (Fsp3) is 0.476. The van der Waals surface area contributed by atoms with Gasteiger partial charge in [-0.25, -0.2) is 19.0 Å². The molecule has 11 heteroatoms. The number of urea groups is 1. The molecule has 0 radical (unpaired) electrons. The van der Waals surface area contributed by atoms with Gasteiger partial charge in [0.05, 0.1) is 31.3 Å². The van der Waals surface area contributed by atoms with Crippen LogP contribution in [0.1, 0.15) is 18.5 Å². The molecule has 1 aliphatic carbocycles. The third kappa shape index (κ3) is 5.41. The summed E-state index contributed by atoms with van der Waals surface area (Å²) in [5, 5.41) is 14.0. The summed E-state index contributed by atoms with van der Waals surface area (Å²) in [5.41, 5.74) is 1.79. The van der Waals surface area contributed by atoms with Gasteiger partial charge < -0.3 is 29.9 Å². The molecule has 1 aromatic heterocycles. The zero-order chi connectivity index (χ0) is 22.6. The van der Waals surface area contributed by atoms with Crippen LogP contribution in [0.2, 0.25) is 0 Å². The van der Waals surface area contributed by atoms with Crippen LogP contribution in [0.5, 0.6) is 0 Å². The summed E-state index contributed by atoms with van der Waals surface area (Å²) in [5.74, 6) is 1.49. The minimum Gasteiger partial charge on any atom is -0.395 e. The molecule has 2 aromatic rings. The third-order valence-electron chi connectivity index (χ3n) is 5.64. The number of aliphatic hydroxyl groups is 1. The first-order chi connectivity index (χ1) is 15.5. The number of rotatable bonds is 8. The molecule has 1 aliphatic heterocycles. The molecule has 2 amide bonds. The van der Waals surface area contributed by atoms with E-state index in [4.69, 9.17) is 19.8 Å². The van der Waals surface area contributed by atoms with E-state index in [2.05, 4.69) is 15.5 Å². The molecule has 1 aromatic carbocycles. The Morgan fingerprint density at radius 2 is 1.91 bits per heavy atom. The Hall–Kier alpha value is -2.60. The number of nitrogens with one attached hydrogen (secondary N) is 2. The lowest BCUT2D eigenvalue weighted by atomic mass is 10.0. The van der Waals surface area contributed by atoms with Crippen LogP contribution in [0.4, 0.5) is 16.3 Å². The van der Waals surface area contributed by atoms with E-state index in [1.807, 2.05) is 18.2 Å². The fourth-order valence-corrected chi connectivity index (χ4v) is 4.61. The minimum atomic E-state index is -1.90. The Morgan fingerprint density at radius 3 is 2.53 bits per heavy atom. The standard InChI is InChI=1S/C21H27N5O5S/c27-10-7-22-20(28)23-16-3-1-15(2-4-16)19-24-17(21(5-6-21)14-32(29)30)13-18(25-19)26-8-11-31-12-9-26/h1-4,13,27H,5-12,14H2,(H,29,30)(H2,22,23,28). The van der Waals surface area contributed by atoms with Crippen molar-refractivity contribution in [3.8, 4) is 11.4 Å². The Labute approximate surface area is 188 Å². The van der Waals surface area contributed by atoms with Crippen molar-refractivity contribution in [2.24, 2.45) is 0 Å². The van der Waals surface area contributed by atoms with Crippen LogP contribution in [0.3, 0.4) is 0 Å². The van der Waals surface area contributed by atoms with Gasteiger partial charge in [0.1, 0.15) is 5.82 Å². The predicted molar refractivity (Wildman–Crippen MR) is 121 cm³/mol. The molecule has 1 saturated carbocycles. The first-order valence-electron chi connectivity index (χ1n) is 10.5. The zero-order valence-electron chi connectivity index (χ0n) is 17.6. The molecule has 32 heavy (non-hydrogen) atoms. The number of amides is 2. The smallest absolute Gasteiger partial charge is 0.319 e. The fourth-order valence-electron chi connectivity index (χ4n) is 3.70. The lowest BCUT2D eigenvalue weighted by Gasteiger charge is -2.29. The number of aromatic nitrogens is 2. The SMILES string of the molecule is O=C(NCCO)Nc1ccc(-c2nc(N3CCOCC3)cc(C3(CS(=O)O)CC3)n2)cc1. The van der Waals surface area contributed by atoms with Gasteiger partial charge in [-0.3, -0.25) is 0 Å². The predicted octanol–water partition coefficient (Wildman–Crippen LogP) is 1.35. The van der Waals surface area contributed by atoms with Gasteiger partial charge in [0.2, 0.25) is 0 Å². The summed E-state index contributed by atoms with van der Waals surface area (Å²) in [6, 6.07) is 8.71. The maximum absolute atomic E-state index is 11.8. The quantitative estimate of drug-likeness (QED) is 0.433. The molecule has 2 heterocycles. The highest BCUT2D eigenvalue weighted by Gasteiger charge is 2.47. The molecule has 10 nitrogen and oxygen atoms in total. The molecule has 1 atom stereocenters. The van der Waals surface area contributed by atoms with E-state index in [1.165, 1.54) is 0 Å². The summed E-state index contributed by atoms with van der Waals surface area (Å²) < 4.78 is 26.5. The first-order valence-corrected chi connectivity index (χ1v) is 11.8. The Bertz CT molecular complexity index is 977. The van der Waals surface area contributed by atoms with Gasteiger partial charge in [-0.05, 0) is 37.1 Å². The summed E-state index contributed by atoms with van der Waals surface area (Å²) in [6.45, 7) is 2.74. The van der Waals surface area contributed by atoms with E-state index in [1.54, 1.807) is 12.1 Å². The lowest BCUT2D eigenvalue weighted by molar-refractivity contribution is 0.122. The number of hydrogen-bond donors (Lipinski definition) is 4. The summed E-state index contributed by atoms with van der Waals surface area (Å²) in [6.07, 6.45) is 1.65. The first kappa shape index (κ1) is 22.6. The molecule has 2 aliphatic rings. The number of ether oxygens (including phenoxy) is 1. The molecular formula is C21H27N5O5S. The van der Waals surface area contributed by atoms with Gasteiger partial charge in [0.15, 0.2) is 16.9 Å². The third-order valence-corrected chi connectivity index (χ3v) is 6.44. The second-order valence-corrected chi connectivity index (χ2v) is 8.89. The Kier molecular flexibility index (Phi) is 6.99. The summed E-state index contributed by atoms with van der Waals surface area (Å²) in [4.78, 5) is 23.5. The van der Waals surface area contributed by atoms with Crippen LogP contribution in [-0.4, -0.2) is 75.1 Å². The van der Waals surface area contributed by atoms with E-state index in [0.29, 0.717) is 24.7 Å². The second kappa shape index (κ2) is 9.90. The van der Waals surface area contributed by atoms with Gasteiger partial charge in [-0.2, -0.15) is 0 Å². The van der Waals surface area contributed by atoms with E-state index >= 15 is 0 Å². The maximum atomic E-state index is 11.8. The lowest BCUT2D eigenvalue weighted by Crippen LogP contribution is -2.37. The molecule has 4 N–H and O–H groups in total. The van der Waals surface area contributed by atoms with Gasteiger partial charge in [0, 0.05) is 42.4 Å². The topological polar surface area (TPSA) is 137 Å². The van der Waals surface area contributed by atoms with Crippen LogP contribution in [-0.2, 0) is 21.2 Å². The zero-order valence-corrected chi connectivity index (χ0v) is 18.4. The Balaban J connectivity index is 1.61. The summed E-state index contributed by atoms with van der Waals surface area (Å²) in [7, 11) is 0. The number of anilines is 2. The number of carbonyl (C=O) groups is 1. The number of benzene rings is 1. The van der Waals surface area contributed by atoms with Crippen LogP contribution >= 0.6 is 0 Å². The highest BCUT2D eigenvalue weighted by atomic mass is 32.2. The largest absolute Gasteiger partial charge is 0.395 e. The van der Waals surface area contributed by atoms with Crippen molar-refractivity contribution in [2.45, 2.75) is 18.3 Å². The van der Waals surface area contributed by atoms with Gasteiger partial charge in [-0.15, -0.1) is 0 Å². The molecular weight excluding hydrogens is 434 g/mol. The molecule has 4 rings (SSSR count). The average molecular weight is 462 g/mol. The highest BCUT2D eigenvalue weighted by molar-refractivity contribution is 7.79. The maximum Gasteiger partial charge on any atom is 0.319 e. The number of nitrogens with zero attached hydrogens (tertiary/aromatic N) is 3. The van der Waals surface area contributed by atoms with E-state index in [9.17, 15) is 13.6 Å². The van der Waals surface area contributed by atoms with Crippen LogP contribution in [0.15, 0.2) is 30.3 Å². The van der Waals surface area contributed by atoms with Crippen LogP contribution in [0, 0.1) is 0 Å². The molecule has 0 bridgehead atoms.